The minimum absolute atomic E-state index is 0.198. The summed E-state index contributed by atoms with van der Waals surface area (Å²) in [5, 5.41) is 11.7. The highest BCUT2D eigenvalue weighted by molar-refractivity contribution is 7.16. The van der Waals surface area contributed by atoms with Crippen LogP contribution in [-0.4, -0.2) is 27.6 Å². The summed E-state index contributed by atoms with van der Waals surface area (Å²) in [5.74, 6) is 5.00. The van der Waals surface area contributed by atoms with E-state index in [9.17, 15) is 4.79 Å². The van der Waals surface area contributed by atoms with Gasteiger partial charge in [-0.1, -0.05) is 23.2 Å². The van der Waals surface area contributed by atoms with E-state index in [4.69, 9.17) is 5.11 Å². The van der Waals surface area contributed by atoms with Crippen molar-refractivity contribution in [3.05, 3.63) is 41.2 Å². The Labute approximate surface area is 108 Å². The average molecular weight is 259 g/mol. The Kier molecular flexibility index (Phi) is 4.02. The highest BCUT2D eigenvalue weighted by atomic mass is 32.1. The lowest BCUT2D eigenvalue weighted by molar-refractivity contribution is 0.102. The lowest BCUT2D eigenvalue weighted by Gasteiger charge is -1.99. The lowest BCUT2D eigenvalue weighted by atomic mass is 10.2. The standard InChI is InChI=1S/C12H9N3O2S/c16-7-1-2-10-8-14-12(18-10)15-11(17)9-3-5-13-6-4-9/h3-6,8,16H,7H2,(H,14,15,17). The molecular weight excluding hydrogens is 250 g/mol. The normalized spacial score (nSPS) is 9.39. The van der Waals surface area contributed by atoms with Crippen molar-refractivity contribution in [3.8, 4) is 11.8 Å². The SMILES string of the molecule is O=C(Nc1ncc(C#CCO)s1)c1ccncc1. The number of thiazole rings is 1. The molecule has 2 rings (SSSR count). The van der Waals surface area contributed by atoms with Crippen LogP contribution in [0.15, 0.2) is 30.7 Å². The van der Waals surface area contributed by atoms with Crippen LogP contribution >= 0.6 is 11.3 Å². The zero-order chi connectivity index (χ0) is 12.8. The average Bonchev–Trinajstić information content (AvgIpc) is 2.85. The predicted molar refractivity (Wildman–Crippen MR) is 68.3 cm³/mol. The summed E-state index contributed by atoms with van der Waals surface area (Å²) < 4.78 is 0. The number of aromatic nitrogens is 2. The summed E-state index contributed by atoms with van der Waals surface area (Å²) in [5.41, 5.74) is 0.517. The van der Waals surface area contributed by atoms with E-state index >= 15 is 0 Å². The van der Waals surface area contributed by atoms with Gasteiger partial charge in [-0.05, 0) is 12.1 Å². The summed E-state index contributed by atoms with van der Waals surface area (Å²) in [4.78, 5) is 20.3. The number of carbonyl (C=O) groups excluding carboxylic acids is 1. The molecule has 0 radical (unpaired) electrons. The van der Waals surface area contributed by atoms with E-state index in [-0.39, 0.29) is 12.5 Å². The smallest absolute Gasteiger partial charge is 0.257 e. The molecular formula is C12H9N3O2S. The Morgan fingerprint density at radius 2 is 2.22 bits per heavy atom. The molecule has 2 N–H and O–H groups in total. The molecule has 5 nitrogen and oxygen atoms in total. The van der Waals surface area contributed by atoms with Gasteiger partial charge in [0.05, 0.1) is 11.1 Å². The van der Waals surface area contributed by atoms with Crippen LogP contribution in [0.1, 0.15) is 15.2 Å². The Hall–Kier alpha value is -2.23. The van der Waals surface area contributed by atoms with Gasteiger partial charge < -0.3 is 5.11 Å². The first kappa shape index (κ1) is 12.2. The van der Waals surface area contributed by atoms with Crippen LogP contribution in [0.25, 0.3) is 0 Å². The summed E-state index contributed by atoms with van der Waals surface area (Å²) in [6, 6.07) is 3.24. The quantitative estimate of drug-likeness (QED) is 0.793. The van der Waals surface area contributed by atoms with Crippen molar-refractivity contribution in [2.75, 3.05) is 11.9 Å². The number of pyridine rings is 1. The zero-order valence-corrected chi connectivity index (χ0v) is 10.1. The van der Waals surface area contributed by atoms with Crippen LogP contribution in [-0.2, 0) is 0 Å². The Morgan fingerprint density at radius 3 is 2.94 bits per heavy atom. The first-order valence-electron chi connectivity index (χ1n) is 5.06. The van der Waals surface area contributed by atoms with Crippen molar-refractivity contribution in [2.45, 2.75) is 0 Å². The van der Waals surface area contributed by atoms with E-state index in [2.05, 4.69) is 27.1 Å². The Morgan fingerprint density at radius 1 is 1.44 bits per heavy atom. The number of rotatable bonds is 2. The number of nitrogens with zero attached hydrogens (tertiary/aromatic N) is 2. The fourth-order valence-electron chi connectivity index (χ4n) is 1.19. The van der Waals surface area contributed by atoms with Crippen LogP contribution in [0.2, 0.25) is 0 Å². The molecule has 0 saturated carbocycles. The molecule has 0 spiro atoms. The number of aliphatic hydroxyl groups is 1. The fourth-order valence-corrected chi connectivity index (χ4v) is 1.87. The number of anilines is 1. The second kappa shape index (κ2) is 5.91. The van der Waals surface area contributed by atoms with Crippen LogP contribution in [0.4, 0.5) is 5.13 Å². The van der Waals surface area contributed by atoms with Crippen molar-refractivity contribution in [3.63, 3.8) is 0 Å². The third-order valence-electron chi connectivity index (χ3n) is 1.96. The van der Waals surface area contributed by atoms with Gasteiger partial charge in [-0.2, -0.15) is 0 Å². The zero-order valence-electron chi connectivity index (χ0n) is 9.25. The van der Waals surface area contributed by atoms with E-state index in [0.29, 0.717) is 15.6 Å². The molecule has 0 aliphatic carbocycles. The molecule has 18 heavy (non-hydrogen) atoms. The van der Waals surface area contributed by atoms with Crippen molar-refractivity contribution in [2.24, 2.45) is 0 Å². The lowest BCUT2D eigenvalue weighted by Crippen LogP contribution is -2.11. The molecule has 0 unspecified atom stereocenters. The molecule has 0 atom stereocenters. The van der Waals surface area contributed by atoms with Gasteiger partial charge in [0.1, 0.15) is 6.61 Å². The van der Waals surface area contributed by atoms with Gasteiger partial charge in [0, 0.05) is 18.0 Å². The summed E-state index contributed by atoms with van der Waals surface area (Å²) in [6.07, 6.45) is 4.65. The third-order valence-corrected chi connectivity index (χ3v) is 2.79. The number of carbonyl (C=O) groups is 1. The second-order valence-electron chi connectivity index (χ2n) is 3.18. The van der Waals surface area contributed by atoms with Crippen LogP contribution in [0.5, 0.6) is 0 Å². The molecule has 90 valence electrons. The van der Waals surface area contributed by atoms with Gasteiger partial charge in [0.25, 0.3) is 5.91 Å². The molecule has 0 fully saturated rings. The molecule has 2 heterocycles. The monoisotopic (exact) mass is 259 g/mol. The van der Waals surface area contributed by atoms with E-state index < -0.39 is 0 Å². The topological polar surface area (TPSA) is 75.1 Å². The molecule has 0 aromatic carbocycles. The van der Waals surface area contributed by atoms with Gasteiger partial charge in [-0.25, -0.2) is 4.98 Å². The van der Waals surface area contributed by atoms with Crippen LogP contribution in [0.3, 0.4) is 0 Å². The Balaban J connectivity index is 2.06. The predicted octanol–water partition coefficient (Wildman–Crippen LogP) is 1.13. The fraction of sp³-hybridized carbons (Fsp3) is 0.0833. The maximum Gasteiger partial charge on any atom is 0.257 e. The molecule has 2 aromatic heterocycles. The van der Waals surface area contributed by atoms with Gasteiger partial charge in [0.15, 0.2) is 5.13 Å². The molecule has 2 aromatic rings. The summed E-state index contributed by atoms with van der Waals surface area (Å²) >= 11 is 1.25. The minimum atomic E-state index is -0.242. The van der Waals surface area contributed by atoms with Crippen molar-refractivity contribution in [1.82, 2.24) is 9.97 Å². The maximum absolute atomic E-state index is 11.8. The Bertz CT molecular complexity index is 599. The molecule has 0 aliphatic rings. The largest absolute Gasteiger partial charge is 0.384 e. The van der Waals surface area contributed by atoms with Gasteiger partial charge >= 0.3 is 0 Å². The summed E-state index contributed by atoms with van der Waals surface area (Å²) in [7, 11) is 0. The van der Waals surface area contributed by atoms with Gasteiger partial charge in [-0.15, -0.1) is 0 Å². The van der Waals surface area contributed by atoms with Crippen molar-refractivity contribution in [1.29, 1.82) is 0 Å². The van der Waals surface area contributed by atoms with E-state index in [1.807, 2.05) is 0 Å². The first-order valence-corrected chi connectivity index (χ1v) is 5.88. The van der Waals surface area contributed by atoms with Crippen molar-refractivity contribution >= 4 is 22.4 Å². The highest BCUT2D eigenvalue weighted by Crippen LogP contribution is 2.17. The van der Waals surface area contributed by atoms with E-state index in [0.717, 1.165) is 0 Å². The number of hydrogen-bond donors (Lipinski definition) is 2. The number of hydrogen-bond acceptors (Lipinski definition) is 5. The first-order chi connectivity index (χ1) is 8.79. The summed E-state index contributed by atoms with van der Waals surface area (Å²) in [6.45, 7) is -0.198. The molecule has 1 amide bonds. The molecule has 0 bridgehead atoms. The number of amides is 1. The van der Waals surface area contributed by atoms with E-state index in [1.165, 1.54) is 11.3 Å². The number of nitrogens with one attached hydrogen (secondary N) is 1. The second-order valence-corrected chi connectivity index (χ2v) is 4.21. The number of aliphatic hydroxyl groups excluding tert-OH is 1. The minimum Gasteiger partial charge on any atom is -0.384 e. The van der Waals surface area contributed by atoms with Gasteiger partial charge in [-0.3, -0.25) is 15.1 Å². The maximum atomic E-state index is 11.8. The molecule has 6 heteroatoms. The van der Waals surface area contributed by atoms with E-state index in [1.54, 1.807) is 30.7 Å². The third kappa shape index (κ3) is 3.13. The van der Waals surface area contributed by atoms with Crippen molar-refractivity contribution < 1.29 is 9.90 Å². The van der Waals surface area contributed by atoms with Crippen LogP contribution in [0, 0.1) is 11.8 Å². The van der Waals surface area contributed by atoms with Crippen LogP contribution < -0.4 is 5.32 Å². The molecule has 0 saturated heterocycles. The van der Waals surface area contributed by atoms with Gasteiger partial charge in [0.2, 0.25) is 0 Å². The highest BCUT2D eigenvalue weighted by Gasteiger charge is 2.07. The molecule has 0 aliphatic heterocycles.